The molecule has 3 rings (SSSR count). The van der Waals surface area contributed by atoms with E-state index in [4.69, 9.17) is 4.74 Å². The second-order valence-corrected chi connectivity index (χ2v) is 6.92. The quantitative estimate of drug-likeness (QED) is 0.811. The van der Waals surface area contributed by atoms with Crippen LogP contribution in [0.4, 0.5) is 5.69 Å². The number of fused-ring (bicyclic) bond motifs is 1. The first-order valence-corrected chi connectivity index (χ1v) is 9.45. The molecule has 0 saturated heterocycles. The van der Waals surface area contributed by atoms with Crippen LogP contribution in [0.3, 0.4) is 0 Å². The van der Waals surface area contributed by atoms with E-state index in [1.165, 1.54) is 0 Å². The van der Waals surface area contributed by atoms with Gasteiger partial charge in [-0.2, -0.15) is 0 Å². The summed E-state index contributed by atoms with van der Waals surface area (Å²) < 4.78 is 5.77. The van der Waals surface area contributed by atoms with E-state index in [9.17, 15) is 9.59 Å². The Morgan fingerprint density at radius 2 is 1.96 bits per heavy atom. The van der Waals surface area contributed by atoms with E-state index >= 15 is 0 Å². The van der Waals surface area contributed by atoms with Gasteiger partial charge in [0.15, 0.2) is 6.61 Å². The highest BCUT2D eigenvalue weighted by atomic mass is 16.5. The Morgan fingerprint density at radius 3 is 2.70 bits per heavy atom. The van der Waals surface area contributed by atoms with Crippen LogP contribution in [0.15, 0.2) is 48.5 Å². The van der Waals surface area contributed by atoms with Gasteiger partial charge in [-0.1, -0.05) is 37.3 Å². The molecule has 5 nitrogen and oxygen atoms in total. The van der Waals surface area contributed by atoms with E-state index in [1.54, 1.807) is 6.07 Å². The van der Waals surface area contributed by atoms with Gasteiger partial charge in [0.1, 0.15) is 5.75 Å². The summed E-state index contributed by atoms with van der Waals surface area (Å²) in [4.78, 5) is 26.1. The average Bonchev–Trinajstić information content (AvgIpc) is 2.70. The molecular weight excluding hydrogens is 340 g/mol. The van der Waals surface area contributed by atoms with E-state index in [2.05, 4.69) is 19.2 Å². The van der Waals surface area contributed by atoms with Gasteiger partial charge >= 0.3 is 0 Å². The number of hydrogen-bond acceptors (Lipinski definition) is 3. The van der Waals surface area contributed by atoms with Crippen LogP contribution < -0.4 is 10.1 Å². The van der Waals surface area contributed by atoms with Crippen LogP contribution in [0, 0.1) is 0 Å². The van der Waals surface area contributed by atoms with Crippen molar-refractivity contribution in [3.63, 3.8) is 0 Å². The minimum Gasteiger partial charge on any atom is -0.484 e. The minimum atomic E-state index is -0.0285. The molecule has 0 spiro atoms. The SMILES string of the molecule is CCC(C)N(Cc1ccccc1)C(=O)COc1ccc2c(c1)CCC(=O)N2. The Bertz CT molecular complexity index is 804. The highest BCUT2D eigenvalue weighted by Gasteiger charge is 2.20. The van der Waals surface area contributed by atoms with Crippen LogP contribution in [0.2, 0.25) is 0 Å². The third-order valence-electron chi connectivity index (χ3n) is 4.97. The zero-order chi connectivity index (χ0) is 19.2. The molecule has 0 saturated carbocycles. The molecule has 0 bridgehead atoms. The summed E-state index contributed by atoms with van der Waals surface area (Å²) >= 11 is 0. The largest absolute Gasteiger partial charge is 0.484 e. The monoisotopic (exact) mass is 366 g/mol. The summed E-state index contributed by atoms with van der Waals surface area (Å²) in [7, 11) is 0. The average molecular weight is 366 g/mol. The van der Waals surface area contributed by atoms with Crippen molar-refractivity contribution < 1.29 is 14.3 Å². The summed E-state index contributed by atoms with van der Waals surface area (Å²) in [6.07, 6.45) is 2.06. The molecule has 0 aromatic heterocycles. The van der Waals surface area contributed by atoms with Gasteiger partial charge in [-0.15, -0.1) is 0 Å². The number of nitrogens with one attached hydrogen (secondary N) is 1. The predicted octanol–water partition coefficient (Wildman–Crippen LogP) is 3.78. The summed E-state index contributed by atoms with van der Waals surface area (Å²) in [6.45, 7) is 4.72. The molecule has 2 aromatic carbocycles. The number of benzene rings is 2. The molecule has 0 fully saturated rings. The van der Waals surface area contributed by atoms with E-state index in [0.29, 0.717) is 25.1 Å². The molecule has 0 radical (unpaired) electrons. The Kier molecular flexibility index (Phi) is 6.12. The van der Waals surface area contributed by atoms with Crippen molar-refractivity contribution in [2.24, 2.45) is 0 Å². The van der Waals surface area contributed by atoms with Gasteiger partial charge in [-0.05, 0) is 49.1 Å². The van der Waals surface area contributed by atoms with Crippen LogP contribution in [0.25, 0.3) is 0 Å². The molecule has 1 aliphatic rings. The fraction of sp³-hybridized carbons (Fsp3) is 0.364. The van der Waals surface area contributed by atoms with Crippen molar-refractivity contribution in [1.82, 2.24) is 4.90 Å². The lowest BCUT2D eigenvalue weighted by molar-refractivity contribution is -0.136. The maximum absolute atomic E-state index is 12.8. The van der Waals surface area contributed by atoms with Crippen molar-refractivity contribution in [2.45, 2.75) is 45.7 Å². The topological polar surface area (TPSA) is 58.6 Å². The van der Waals surface area contributed by atoms with Gasteiger partial charge in [0.05, 0.1) is 0 Å². The third-order valence-corrected chi connectivity index (χ3v) is 4.97. The number of anilines is 1. The maximum atomic E-state index is 12.8. The smallest absolute Gasteiger partial charge is 0.261 e. The molecule has 142 valence electrons. The lowest BCUT2D eigenvalue weighted by Crippen LogP contribution is -2.40. The number of aryl methyl sites for hydroxylation is 1. The van der Waals surface area contributed by atoms with Gasteiger partial charge in [0.25, 0.3) is 5.91 Å². The van der Waals surface area contributed by atoms with Crippen molar-refractivity contribution in [2.75, 3.05) is 11.9 Å². The third kappa shape index (κ3) is 4.88. The first-order valence-electron chi connectivity index (χ1n) is 9.45. The Labute approximate surface area is 160 Å². The highest BCUT2D eigenvalue weighted by molar-refractivity contribution is 5.94. The lowest BCUT2D eigenvalue weighted by Gasteiger charge is -2.29. The zero-order valence-corrected chi connectivity index (χ0v) is 15.9. The lowest BCUT2D eigenvalue weighted by atomic mass is 10.0. The number of amides is 2. The fourth-order valence-electron chi connectivity index (χ4n) is 3.17. The van der Waals surface area contributed by atoms with Crippen LogP contribution in [-0.2, 0) is 22.6 Å². The standard InChI is InChI=1S/C22H26N2O3/c1-3-16(2)24(14-17-7-5-4-6-8-17)22(26)15-27-19-10-11-20-18(13-19)9-12-21(25)23-20/h4-8,10-11,13,16H,3,9,12,14-15H2,1-2H3,(H,23,25). The van der Waals surface area contributed by atoms with E-state index in [-0.39, 0.29) is 24.5 Å². The minimum absolute atomic E-state index is 0.00230. The van der Waals surface area contributed by atoms with Crippen molar-refractivity contribution in [1.29, 1.82) is 0 Å². The van der Waals surface area contributed by atoms with Gasteiger partial charge < -0.3 is 15.0 Å². The summed E-state index contributed by atoms with van der Waals surface area (Å²) in [6, 6.07) is 15.7. The molecule has 2 aromatic rings. The summed E-state index contributed by atoms with van der Waals surface area (Å²) in [5.41, 5.74) is 2.98. The number of carbonyl (C=O) groups is 2. The molecule has 1 aliphatic heterocycles. The van der Waals surface area contributed by atoms with E-state index in [1.807, 2.05) is 47.4 Å². The summed E-state index contributed by atoms with van der Waals surface area (Å²) in [5.74, 6) is 0.665. The molecule has 1 N–H and O–H groups in total. The zero-order valence-electron chi connectivity index (χ0n) is 15.9. The number of rotatable bonds is 7. The van der Waals surface area contributed by atoms with E-state index in [0.717, 1.165) is 23.2 Å². The Hall–Kier alpha value is -2.82. The van der Waals surface area contributed by atoms with Crippen LogP contribution in [0.5, 0.6) is 5.75 Å². The van der Waals surface area contributed by atoms with Crippen molar-refractivity contribution in [3.05, 3.63) is 59.7 Å². The summed E-state index contributed by atoms with van der Waals surface area (Å²) in [5, 5.41) is 2.85. The number of hydrogen-bond donors (Lipinski definition) is 1. The Morgan fingerprint density at radius 1 is 1.19 bits per heavy atom. The second kappa shape index (κ2) is 8.71. The number of ether oxygens (including phenoxy) is 1. The van der Waals surface area contributed by atoms with Crippen molar-refractivity contribution >= 4 is 17.5 Å². The molecular formula is C22H26N2O3. The first-order chi connectivity index (χ1) is 13.1. The highest BCUT2D eigenvalue weighted by Crippen LogP contribution is 2.26. The fourth-order valence-corrected chi connectivity index (χ4v) is 3.17. The van der Waals surface area contributed by atoms with Crippen LogP contribution in [0.1, 0.15) is 37.8 Å². The van der Waals surface area contributed by atoms with Gasteiger partial charge in [-0.25, -0.2) is 0 Å². The van der Waals surface area contributed by atoms with Crippen LogP contribution >= 0.6 is 0 Å². The van der Waals surface area contributed by atoms with Gasteiger partial charge in [0, 0.05) is 24.7 Å². The molecule has 5 heteroatoms. The molecule has 1 unspecified atom stereocenters. The predicted molar refractivity (Wildman–Crippen MR) is 106 cm³/mol. The first kappa shape index (κ1) is 19.0. The van der Waals surface area contributed by atoms with Crippen LogP contribution in [-0.4, -0.2) is 29.4 Å². The molecule has 1 atom stereocenters. The number of nitrogens with zero attached hydrogens (tertiary/aromatic N) is 1. The second-order valence-electron chi connectivity index (χ2n) is 6.92. The molecule has 0 aliphatic carbocycles. The van der Waals surface area contributed by atoms with Gasteiger partial charge in [0.2, 0.25) is 5.91 Å². The molecule has 2 amide bonds. The Balaban J connectivity index is 1.64. The maximum Gasteiger partial charge on any atom is 0.261 e. The van der Waals surface area contributed by atoms with Gasteiger partial charge in [-0.3, -0.25) is 9.59 Å². The molecule has 27 heavy (non-hydrogen) atoms. The number of carbonyl (C=O) groups excluding carboxylic acids is 2. The molecule has 1 heterocycles. The van der Waals surface area contributed by atoms with Crippen molar-refractivity contribution in [3.8, 4) is 5.75 Å². The van der Waals surface area contributed by atoms with E-state index < -0.39 is 0 Å². The normalized spacial score (nSPS) is 14.1.